The summed E-state index contributed by atoms with van der Waals surface area (Å²) in [6.45, 7) is 9.14. The van der Waals surface area contributed by atoms with E-state index >= 15 is 0 Å². The molecule has 11 aromatic rings. The van der Waals surface area contributed by atoms with Crippen LogP contribution in [0.4, 0.5) is 22.7 Å². The quantitative estimate of drug-likeness (QED) is 0.144. The first kappa shape index (κ1) is 39.3. The lowest BCUT2D eigenvalue weighted by Gasteiger charge is -2.27. The number of benzene rings is 9. The van der Waals surface area contributed by atoms with Gasteiger partial charge in [-0.3, -0.25) is 4.57 Å². The van der Waals surface area contributed by atoms with Crippen molar-refractivity contribution in [2.24, 2.45) is 0 Å². The fourth-order valence-corrected chi connectivity index (χ4v) is 10.2. The van der Waals surface area contributed by atoms with Gasteiger partial charge in [0.15, 0.2) is 0 Å². The minimum Gasteiger partial charge on any atom is -0.457 e. The Morgan fingerprint density at radius 1 is 0.514 bits per heavy atom. The lowest BCUT2D eigenvalue weighted by Crippen LogP contribution is -2.24. The third-order valence-corrected chi connectivity index (χ3v) is 13.6. The van der Waals surface area contributed by atoms with Crippen LogP contribution < -0.4 is 14.5 Å². The molecule has 0 aliphatic carbocycles. The lowest BCUT2D eigenvalue weighted by molar-refractivity contribution is 0.483. The van der Waals surface area contributed by atoms with E-state index in [0.29, 0.717) is 18.1 Å². The Balaban J connectivity index is 1.02. The van der Waals surface area contributed by atoms with Crippen LogP contribution in [-0.4, -0.2) is 16.2 Å². The number of para-hydroxylation sites is 4. The van der Waals surface area contributed by atoms with E-state index < -0.39 is 0 Å². The number of pyridine rings is 1. The van der Waals surface area contributed by atoms with Crippen molar-refractivity contribution in [2.75, 3.05) is 16.5 Å². The van der Waals surface area contributed by atoms with Gasteiger partial charge in [0.2, 0.25) is 0 Å². The molecule has 0 saturated heterocycles. The summed E-state index contributed by atoms with van der Waals surface area (Å²) in [6, 6.07) is 70.7. The average molecular weight is 908 g/mol. The number of aryl methyl sites for hydroxylation is 1. The van der Waals surface area contributed by atoms with Crippen molar-refractivity contribution in [1.29, 1.82) is 0 Å². The number of anilines is 4. The maximum Gasteiger partial charge on any atom is 0.137 e. The van der Waals surface area contributed by atoms with Crippen LogP contribution in [0.3, 0.4) is 0 Å². The molecule has 0 radical (unpaired) electrons. The van der Waals surface area contributed by atoms with Gasteiger partial charge < -0.3 is 14.5 Å². The molecule has 0 spiro atoms. The second-order valence-corrected chi connectivity index (χ2v) is 19.1. The zero-order valence-electron chi connectivity index (χ0n) is 42.6. The summed E-state index contributed by atoms with van der Waals surface area (Å²) in [5, 5.41) is 2.12. The molecule has 0 saturated carbocycles. The summed E-state index contributed by atoms with van der Waals surface area (Å²) in [5.41, 5.74) is 16.0. The van der Waals surface area contributed by atoms with Crippen LogP contribution in [0.1, 0.15) is 36.0 Å². The molecule has 0 atom stereocenters. The summed E-state index contributed by atoms with van der Waals surface area (Å²) in [7, 11) is 0. The first-order chi connectivity index (χ1) is 35.5. The molecule has 5 nitrogen and oxygen atoms in total. The predicted octanol–water partition coefficient (Wildman–Crippen LogP) is 17.5. The maximum atomic E-state index is 9.50. The number of rotatable bonds is 9. The van der Waals surface area contributed by atoms with Gasteiger partial charge in [0.25, 0.3) is 0 Å². The Kier molecular flexibility index (Phi) is 9.80. The average Bonchev–Trinajstić information content (AvgIpc) is 3.97. The molecule has 0 fully saturated rings. The van der Waals surface area contributed by atoms with Crippen LogP contribution in [0.15, 0.2) is 231 Å². The summed E-state index contributed by atoms with van der Waals surface area (Å²) in [5.74, 6) is 1.44. The highest BCUT2D eigenvalue weighted by Gasteiger charge is 2.31. The van der Waals surface area contributed by atoms with Gasteiger partial charge in [0.1, 0.15) is 24.0 Å². The lowest BCUT2D eigenvalue weighted by atomic mass is 9.86. The highest BCUT2D eigenvalue weighted by atomic mass is 16.5. The van der Waals surface area contributed by atoms with Crippen molar-refractivity contribution in [2.45, 2.75) is 33.1 Å². The fourth-order valence-electron chi connectivity index (χ4n) is 10.2. The van der Waals surface area contributed by atoms with Gasteiger partial charge in [-0.2, -0.15) is 0 Å². The fraction of sp³-hybridized carbons (Fsp3) is 0.0923. The molecule has 0 bridgehead atoms. The molecule has 9 aromatic carbocycles. The molecular formula is C65H52N4O. The monoisotopic (exact) mass is 907 g/mol. The van der Waals surface area contributed by atoms with Gasteiger partial charge in [-0.05, 0) is 93.7 Å². The molecule has 0 amide bonds. The minimum atomic E-state index is -0.218. The van der Waals surface area contributed by atoms with E-state index in [4.69, 9.17) is 9.72 Å². The molecule has 3 heterocycles. The van der Waals surface area contributed by atoms with Gasteiger partial charge in [-0.15, -0.1) is 0 Å². The third kappa shape index (κ3) is 7.66. The first-order valence-corrected chi connectivity index (χ1v) is 23.9. The van der Waals surface area contributed by atoms with Crippen molar-refractivity contribution in [1.82, 2.24) is 9.55 Å². The van der Waals surface area contributed by atoms with Crippen molar-refractivity contribution < 1.29 is 8.85 Å². The second-order valence-electron chi connectivity index (χ2n) is 19.1. The molecule has 338 valence electrons. The Hall–Kier alpha value is -8.67. The normalized spacial score (nSPS) is 13.1. The van der Waals surface area contributed by atoms with Crippen molar-refractivity contribution in [3.05, 3.63) is 242 Å². The van der Waals surface area contributed by atoms with Crippen LogP contribution >= 0.6 is 0 Å². The maximum absolute atomic E-state index is 9.50. The number of fused-ring (bicyclic) bond motifs is 4. The molecule has 1 aliphatic heterocycles. The molecular weight excluding hydrogens is 853 g/mol. The molecule has 2 aromatic heterocycles. The van der Waals surface area contributed by atoms with Crippen LogP contribution in [0.2, 0.25) is 0 Å². The van der Waals surface area contributed by atoms with Gasteiger partial charge in [-0.1, -0.05) is 191 Å². The van der Waals surface area contributed by atoms with Crippen LogP contribution in [0, 0.1) is 6.92 Å². The summed E-state index contributed by atoms with van der Waals surface area (Å²) < 4.78 is 37.4. The number of aromatic nitrogens is 2. The van der Waals surface area contributed by atoms with E-state index in [-0.39, 0.29) is 29.3 Å². The van der Waals surface area contributed by atoms with E-state index in [0.717, 1.165) is 94.8 Å². The topological polar surface area (TPSA) is 33.5 Å². The number of ether oxygens (including phenoxy) is 1. The molecule has 12 rings (SSSR count). The second kappa shape index (κ2) is 17.4. The van der Waals surface area contributed by atoms with Gasteiger partial charge >= 0.3 is 0 Å². The summed E-state index contributed by atoms with van der Waals surface area (Å²) in [6.07, 6.45) is 1.96. The van der Waals surface area contributed by atoms with E-state index in [2.05, 4.69) is 194 Å². The zero-order chi connectivity index (χ0) is 50.0. The largest absolute Gasteiger partial charge is 0.457 e. The predicted molar refractivity (Wildman–Crippen MR) is 292 cm³/mol. The third-order valence-electron chi connectivity index (χ3n) is 13.6. The highest BCUT2D eigenvalue weighted by molar-refractivity contribution is 6.16. The van der Waals surface area contributed by atoms with Crippen molar-refractivity contribution >= 4 is 44.6 Å². The number of hydrogen-bond donors (Lipinski definition) is 0. The molecule has 0 N–H and O–H groups in total. The standard InChI is InChI=1S/C65H52N4O/c1-44-38-62(66-42-57(44)47-24-12-7-13-25-47)69-58-31-15-14-28-55(58)63-56(48-34-36-49(37-35-48)65(2,3)4)40-52(41-61(63)69)70-51-27-18-26-50(39-51)67-43-68(60-33-17-16-32-59(60)67)64-53(45-20-8-5-9-21-45)29-19-30-54(64)46-22-10-6-11-23-46/h5-42H,43H2,1-4H3/i18D,26D,27D. The SMILES string of the molecule is [2H]c1c(Oc2cc(-c3ccc(C(C)(C)C)cc3)c3c4ccccc4n(-c4cc(C)c(-c5ccccc5)cn4)c3c2)cc(N2CN(c3c(-c4ccccc4)cccc3-c3ccccc3)c3ccccc32)c([2H])c1[2H]. The van der Waals surface area contributed by atoms with Gasteiger partial charge in [-0.25, -0.2) is 4.98 Å². The van der Waals surface area contributed by atoms with Crippen LogP contribution in [-0.2, 0) is 5.41 Å². The van der Waals surface area contributed by atoms with Crippen LogP contribution in [0.5, 0.6) is 11.5 Å². The smallest absolute Gasteiger partial charge is 0.137 e. The van der Waals surface area contributed by atoms with Gasteiger partial charge in [0, 0.05) is 51.5 Å². The Morgan fingerprint density at radius 3 is 1.74 bits per heavy atom. The highest BCUT2D eigenvalue weighted by Crippen LogP contribution is 2.51. The minimum absolute atomic E-state index is 0.0349. The van der Waals surface area contributed by atoms with Crippen LogP contribution in [0.25, 0.3) is 72.1 Å². The molecule has 5 heteroatoms. The number of hydrogen-bond acceptors (Lipinski definition) is 4. The zero-order valence-corrected chi connectivity index (χ0v) is 39.6. The molecule has 0 unspecified atom stereocenters. The van der Waals surface area contributed by atoms with E-state index in [1.165, 1.54) is 5.56 Å². The Morgan fingerprint density at radius 2 is 1.10 bits per heavy atom. The molecule has 1 aliphatic rings. The van der Waals surface area contributed by atoms with E-state index in [1.807, 2.05) is 54.7 Å². The number of nitrogens with zero attached hydrogens (tertiary/aromatic N) is 4. The Labute approximate surface area is 414 Å². The first-order valence-electron chi connectivity index (χ1n) is 25.4. The summed E-state index contributed by atoms with van der Waals surface area (Å²) >= 11 is 0. The van der Waals surface area contributed by atoms with E-state index in [1.54, 1.807) is 6.07 Å². The van der Waals surface area contributed by atoms with Crippen molar-refractivity contribution in [3.8, 4) is 61.8 Å². The summed E-state index contributed by atoms with van der Waals surface area (Å²) in [4.78, 5) is 9.52. The van der Waals surface area contributed by atoms with Crippen molar-refractivity contribution in [3.63, 3.8) is 0 Å². The molecule has 70 heavy (non-hydrogen) atoms. The van der Waals surface area contributed by atoms with Gasteiger partial charge in [0.05, 0.1) is 32.2 Å². The van der Waals surface area contributed by atoms with E-state index in [9.17, 15) is 4.11 Å². The Bertz CT molecular complexity index is 3830.